The molecule has 2 aromatic rings. The molecule has 0 fully saturated rings. The minimum absolute atomic E-state index is 0.0521. The number of hydrogen-bond acceptors (Lipinski definition) is 2. The van der Waals surface area contributed by atoms with Gasteiger partial charge in [0.1, 0.15) is 6.04 Å². The number of carbonyl (C=O) groups excluding carboxylic acids is 1. The number of nitrogens with one attached hydrogen (secondary N) is 3. The summed E-state index contributed by atoms with van der Waals surface area (Å²) in [6, 6.07) is 8.11. The van der Waals surface area contributed by atoms with E-state index in [0.717, 1.165) is 18.5 Å². The van der Waals surface area contributed by atoms with Crippen LogP contribution in [-0.2, 0) is 11.2 Å². The zero-order valence-electron chi connectivity index (χ0n) is 11.6. The van der Waals surface area contributed by atoms with Crippen molar-refractivity contribution in [1.82, 2.24) is 15.6 Å². The smallest absolute Gasteiger partial charge is 0.241 e. The third-order valence-corrected chi connectivity index (χ3v) is 3.77. The number of hydrogen-bond donors (Lipinski definition) is 3. The van der Waals surface area contributed by atoms with Crippen LogP contribution < -0.4 is 10.6 Å². The predicted molar refractivity (Wildman–Crippen MR) is 80.7 cm³/mol. The van der Waals surface area contributed by atoms with Gasteiger partial charge in [-0.15, -0.1) is 0 Å². The van der Waals surface area contributed by atoms with Crippen LogP contribution in [0.2, 0.25) is 0 Å². The second-order valence-electron chi connectivity index (χ2n) is 5.13. The number of fused-ring (bicyclic) bond motifs is 1. The first-order chi connectivity index (χ1) is 9.75. The minimum Gasteiger partial charge on any atom is -0.358 e. The van der Waals surface area contributed by atoms with Crippen molar-refractivity contribution < 1.29 is 4.79 Å². The highest BCUT2D eigenvalue weighted by atomic mass is 16.2. The third-order valence-electron chi connectivity index (χ3n) is 3.77. The first-order valence-corrected chi connectivity index (χ1v) is 6.99. The first-order valence-electron chi connectivity index (χ1n) is 6.99. The van der Waals surface area contributed by atoms with Gasteiger partial charge in [0, 0.05) is 29.7 Å². The van der Waals surface area contributed by atoms with Crippen LogP contribution in [0.4, 0.5) is 0 Å². The lowest BCUT2D eigenvalue weighted by molar-refractivity contribution is -0.121. The number of amides is 1. The summed E-state index contributed by atoms with van der Waals surface area (Å²) in [6.07, 6.45) is 4.73. The highest BCUT2D eigenvalue weighted by Crippen LogP contribution is 2.21. The normalized spacial score (nSPS) is 17.8. The maximum atomic E-state index is 11.9. The van der Waals surface area contributed by atoms with Crippen LogP contribution in [-0.4, -0.2) is 30.0 Å². The van der Waals surface area contributed by atoms with Gasteiger partial charge in [-0.2, -0.15) is 0 Å². The predicted octanol–water partition coefficient (Wildman–Crippen LogP) is 1.66. The van der Waals surface area contributed by atoms with Gasteiger partial charge in [-0.05, 0) is 25.0 Å². The van der Waals surface area contributed by atoms with Crippen LogP contribution in [0.15, 0.2) is 36.4 Å². The van der Waals surface area contributed by atoms with Gasteiger partial charge >= 0.3 is 0 Å². The Morgan fingerprint density at radius 3 is 3.05 bits per heavy atom. The van der Waals surface area contributed by atoms with Crippen molar-refractivity contribution in [3.63, 3.8) is 0 Å². The van der Waals surface area contributed by atoms with E-state index in [1.807, 2.05) is 24.3 Å². The molecule has 0 spiro atoms. The van der Waals surface area contributed by atoms with E-state index in [1.165, 1.54) is 16.6 Å². The monoisotopic (exact) mass is 269 g/mol. The Bertz CT molecular complexity index is 657. The van der Waals surface area contributed by atoms with Crippen LogP contribution in [0.3, 0.4) is 0 Å². The molecule has 3 N–H and O–H groups in total. The van der Waals surface area contributed by atoms with Crippen molar-refractivity contribution in [3.8, 4) is 0 Å². The molecule has 0 saturated carbocycles. The molecule has 1 unspecified atom stereocenters. The highest BCUT2D eigenvalue weighted by molar-refractivity contribution is 5.85. The molecule has 1 aliphatic rings. The molecule has 1 aromatic heterocycles. The maximum absolute atomic E-state index is 11.9. The van der Waals surface area contributed by atoms with Crippen molar-refractivity contribution in [2.24, 2.45) is 0 Å². The van der Waals surface area contributed by atoms with Gasteiger partial charge in [-0.3, -0.25) is 10.1 Å². The molecule has 1 amide bonds. The summed E-state index contributed by atoms with van der Waals surface area (Å²) >= 11 is 0. The molecule has 0 saturated heterocycles. The number of aromatic nitrogens is 1. The van der Waals surface area contributed by atoms with Gasteiger partial charge in [-0.1, -0.05) is 30.4 Å². The summed E-state index contributed by atoms with van der Waals surface area (Å²) in [5, 5.41) is 7.35. The molecule has 20 heavy (non-hydrogen) atoms. The second-order valence-corrected chi connectivity index (χ2v) is 5.13. The van der Waals surface area contributed by atoms with E-state index in [0.29, 0.717) is 6.54 Å². The molecule has 4 heteroatoms. The lowest BCUT2D eigenvalue weighted by Gasteiger charge is -2.10. The summed E-state index contributed by atoms with van der Waals surface area (Å²) in [5.74, 6) is 0.0521. The summed E-state index contributed by atoms with van der Waals surface area (Å²) in [4.78, 5) is 15.3. The Balaban J connectivity index is 1.64. The molecule has 3 rings (SSSR count). The number of benzene rings is 1. The van der Waals surface area contributed by atoms with Gasteiger partial charge in [0.05, 0.1) is 0 Å². The Labute approximate surface area is 118 Å². The third kappa shape index (κ3) is 2.47. The quantitative estimate of drug-likeness (QED) is 0.739. The largest absolute Gasteiger partial charge is 0.358 e. The molecule has 1 aliphatic heterocycles. The number of aryl methyl sites for hydroxylation is 1. The van der Waals surface area contributed by atoms with Crippen LogP contribution in [0.1, 0.15) is 11.3 Å². The van der Waals surface area contributed by atoms with E-state index in [9.17, 15) is 4.79 Å². The average molecular weight is 269 g/mol. The molecular weight excluding hydrogens is 250 g/mol. The van der Waals surface area contributed by atoms with Crippen molar-refractivity contribution in [2.45, 2.75) is 19.4 Å². The van der Waals surface area contributed by atoms with Gasteiger partial charge < -0.3 is 10.3 Å². The maximum Gasteiger partial charge on any atom is 0.241 e. The lowest BCUT2D eigenvalue weighted by Crippen LogP contribution is -2.41. The van der Waals surface area contributed by atoms with Crippen molar-refractivity contribution in [2.75, 3.05) is 13.1 Å². The van der Waals surface area contributed by atoms with E-state index in [2.05, 4.69) is 34.7 Å². The van der Waals surface area contributed by atoms with Gasteiger partial charge in [-0.25, -0.2) is 0 Å². The molecule has 0 radical (unpaired) electrons. The zero-order chi connectivity index (χ0) is 13.9. The van der Waals surface area contributed by atoms with E-state index >= 15 is 0 Å². The molecule has 4 nitrogen and oxygen atoms in total. The Kier molecular flexibility index (Phi) is 3.56. The fraction of sp³-hybridized carbons (Fsp3) is 0.312. The second kappa shape index (κ2) is 5.51. The van der Waals surface area contributed by atoms with E-state index in [-0.39, 0.29) is 11.9 Å². The number of para-hydroxylation sites is 1. The van der Waals surface area contributed by atoms with Crippen molar-refractivity contribution >= 4 is 16.8 Å². The average Bonchev–Trinajstić information content (AvgIpc) is 3.07. The summed E-state index contributed by atoms with van der Waals surface area (Å²) in [5.41, 5.74) is 3.63. The number of aromatic amines is 1. The molecule has 0 bridgehead atoms. The SMILES string of the molecule is Cc1[nH]c2ccccc2c1CCNC(=O)C1C=CCN1. The van der Waals surface area contributed by atoms with Gasteiger partial charge in [0.15, 0.2) is 0 Å². The molecule has 1 aromatic carbocycles. The van der Waals surface area contributed by atoms with Gasteiger partial charge in [0.25, 0.3) is 0 Å². The zero-order valence-corrected chi connectivity index (χ0v) is 11.6. The first kappa shape index (κ1) is 12.9. The van der Waals surface area contributed by atoms with Gasteiger partial charge in [0.2, 0.25) is 5.91 Å². The topological polar surface area (TPSA) is 56.9 Å². The summed E-state index contributed by atoms with van der Waals surface area (Å²) in [6.45, 7) is 3.52. The fourth-order valence-corrected chi connectivity index (χ4v) is 2.72. The Morgan fingerprint density at radius 2 is 2.25 bits per heavy atom. The van der Waals surface area contributed by atoms with Crippen molar-refractivity contribution in [1.29, 1.82) is 0 Å². The van der Waals surface area contributed by atoms with Crippen LogP contribution >= 0.6 is 0 Å². The number of carbonyl (C=O) groups is 1. The highest BCUT2D eigenvalue weighted by Gasteiger charge is 2.17. The fourth-order valence-electron chi connectivity index (χ4n) is 2.72. The molecule has 1 atom stereocenters. The number of H-pyrrole nitrogens is 1. The van der Waals surface area contributed by atoms with Crippen LogP contribution in [0.25, 0.3) is 10.9 Å². The molecule has 2 heterocycles. The standard InChI is InChI=1S/C16H19N3O/c1-11-12(13-5-2-3-6-14(13)19-11)8-10-18-16(20)15-7-4-9-17-15/h2-7,15,17,19H,8-10H2,1H3,(H,18,20). The number of rotatable bonds is 4. The van der Waals surface area contributed by atoms with Crippen LogP contribution in [0.5, 0.6) is 0 Å². The van der Waals surface area contributed by atoms with E-state index in [4.69, 9.17) is 0 Å². The summed E-state index contributed by atoms with van der Waals surface area (Å²) < 4.78 is 0. The molecule has 104 valence electrons. The van der Waals surface area contributed by atoms with E-state index < -0.39 is 0 Å². The Hall–Kier alpha value is -2.07. The molecule has 0 aliphatic carbocycles. The van der Waals surface area contributed by atoms with E-state index in [1.54, 1.807) is 0 Å². The van der Waals surface area contributed by atoms with Crippen LogP contribution in [0, 0.1) is 6.92 Å². The lowest BCUT2D eigenvalue weighted by atomic mass is 10.1. The Morgan fingerprint density at radius 1 is 1.40 bits per heavy atom. The minimum atomic E-state index is -0.168. The molecular formula is C16H19N3O. The summed E-state index contributed by atoms with van der Waals surface area (Å²) in [7, 11) is 0. The van der Waals surface area contributed by atoms with Crippen molar-refractivity contribution in [3.05, 3.63) is 47.7 Å².